The average Bonchev–Trinajstić information content (AvgIpc) is 2.96. The lowest BCUT2D eigenvalue weighted by Crippen LogP contribution is -2.34. The molecule has 0 spiro atoms. The largest absolute Gasteiger partial charge is 0.452 e. The lowest BCUT2D eigenvalue weighted by molar-refractivity contribution is -0.135. The van der Waals surface area contributed by atoms with Gasteiger partial charge < -0.3 is 9.64 Å². The van der Waals surface area contributed by atoms with Crippen molar-refractivity contribution in [3.05, 3.63) is 136 Å². The third-order valence-electron chi connectivity index (χ3n) is 6.55. The summed E-state index contributed by atoms with van der Waals surface area (Å²) < 4.78 is 5.67. The molecule has 5 nitrogen and oxygen atoms in total. The molecule has 0 aliphatic heterocycles. The Hall–Kier alpha value is -4.48. The van der Waals surface area contributed by atoms with Crippen molar-refractivity contribution in [1.82, 2.24) is 9.88 Å². The minimum absolute atomic E-state index is 0.276. The number of carbonyl (C=O) groups excluding carboxylic acids is 2. The highest BCUT2D eigenvalue weighted by atomic mass is 35.5. The first-order valence-electron chi connectivity index (χ1n) is 12.7. The first-order valence-corrected chi connectivity index (χ1v) is 13.1. The molecule has 1 heterocycles. The van der Waals surface area contributed by atoms with Gasteiger partial charge in [-0.2, -0.15) is 0 Å². The summed E-state index contributed by atoms with van der Waals surface area (Å²) >= 11 is 6.24. The molecule has 0 aliphatic carbocycles. The number of halogens is 1. The van der Waals surface area contributed by atoms with Crippen LogP contribution in [0.1, 0.15) is 27.0 Å². The van der Waals surface area contributed by atoms with Crippen molar-refractivity contribution >= 4 is 34.4 Å². The van der Waals surface area contributed by atoms with Gasteiger partial charge in [0.05, 0.1) is 16.8 Å². The molecule has 0 bridgehead atoms. The molecule has 194 valence electrons. The molecule has 39 heavy (non-hydrogen) atoms. The van der Waals surface area contributed by atoms with Gasteiger partial charge in [0.2, 0.25) is 0 Å². The number of esters is 1. The number of fused-ring (bicyclic) bond motifs is 1. The summed E-state index contributed by atoms with van der Waals surface area (Å²) in [7, 11) is 0. The number of rotatable bonds is 8. The average molecular weight is 535 g/mol. The van der Waals surface area contributed by atoms with Gasteiger partial charge in [-0.15, -0.1) is 0 Å². The summed E-state index contributed by atoms with van der Waals surface area (Å²) in [6.07, 6.45) is 0. The van der Waals surface area contributed by atoms with E-state index < -0.39 is 5.97 Å². The Morgan fingerprint density at radius 1 is 0.795 bits per heavy atom. The van der Waals surface area contributed by atoms with Crippen molar-refractivity contribution in [2.45, 2.75) is 20.0 Å². The summed E-state index contributed by atoms with van der Waals surface area (Å²) in [5, 5.41) is 1.25. The Morgan fingerprint density at radius 3 is 2.05 bits per heavy atom. The molecule has 0 radical (unpaired) electrons. The smallest absolute Gasteiger partial charge is 0.339 e. The van der Waals surface area contributed by atoms with Crippen LogP contribution in [0, 0.1) is 6.92 Å². The standard InChI is InChI=1S/C33H27ClN2O3/c1-23-31(28-17-8-9-18-29(28)35-32(23)26-15-10-16-27(34)19-26)33(38)39-22-30(37)36(20-24-11-4-2-5-12-24)21-25-13-6-3-7-14-25/h2-19H,20-22H2,1H3. The van der Waals surface area contributed by atoms with Crippen LogP contribution in [0.4, 0.5) is 0 Å². The third-order valence-corrected chi connectivity index (χ3v) is 6.79. The highest BCUT2D eigenvalue weighted by Crippen LogP contribution is 2.31. The number of ether oxygens (including phenoxy) is 1. The van der Waals surface area contributed by atoms with E-state index >= 15 is 0 Å². The Labute approximate surface area is 232 Å². The molecule has 5 aromatic rings. The van der Waals surface area contributed by atoms with Crippen LogP contribution in [0.3, 0.4) is 0 Å². The van der Waals surface area contributed by atoms with Gasteiger partial charge in [0.15, 0.2) is 6.61 Å². The van der Waals surface area contributed by atoms with Crippen molar-refractivity contribution in [3.63, 3.8) is 0 Å². The van der Waals surface area contributed by atoms with E-state index in [9.17, 15) is 9.59 Å². The van der Waals surface area contributed by atoms with E-state index in [-0.39, 0.29) is 12.5 Å². The van der Waals surface area contributed by atoms with Crippen molar-refractivity contribution in [2.24, 2.45) is 0 Å². The molecule has 0 saturated heterocycles. The first kappa shape index (κ1) is 26.1. The summed E-state index contributed by atoms with van der Waals surface area (Å²) in [5.41, 5.74) is 5.15. The summed E-state index contributed by atoms with van der Waals surface area (Å²) in [5.74, 6) is -0.843. The maximum absolute atomic E-state index is 13.5. The lowest BCUT2D eigenvalue weighted by atomic mass is 9.98. The van der Waals surface area contributed by atoms with E-state index in [1.165, 1.54) is 0 Å². The van der Waals surface area contributed by atoms with Crippen LogP contribution in [-0.4, -0.2) is 28.4 Å². The molecule has 4 aromatic carbocycles. The number of benzene rings is 4. The van der Waals surface area contributed by atoms with Gasteiger partial charge in [-0.1, -0.05) is 103 Å². The van der Waals surface area contributed by atoms with Crippen molar-refractivity contribution in [1.29, 1.82) is 0 Å². The fourth-order valence-corrected chi connectivity index (χ4v) is 4.81. The number of pyridine rings is 1. The monoisotopic (exact) mass is 534 g/mol. The molecule has 5 rings (SSSR count). The number of amides is 1. The van der Waals surface area contributed by atoms with Gasteiger partial charge in [-0.3, -0.25) is 4.79 Å². The molecular weight excluding hydrogens is 508 g/mol. The molecule has 0 saturated carbocycles. The number of para-hydroxylation sites is 1. The maximum atomic E-state index is 13.5. The number of carbonyl (C=O) groups is 2. The van der Waals surface area contributed by atoms with Crippen LogP contribution in [0.15, 0.2) is 109 Å². The minimum Gasteiger partial charge on any atom is -0.452 e. The Bertz CT molecular complexity index is 1580. The topological polar surface area (TPSA) is 59.5 Å². The zero-order valence-corrected chi connectivity index (χ0v) is 22.3. The quantitative estimate of drug-likeness (QED) is 0.197. The van der Waals surface area contributed by atoms with E-state index in [1.807, 2.05) is 110 Å². The molecule has 1 amide bonds. The highest BCUT2D eigenvalue weighted by molar-refractivity contribution is 6.30. The zero-order valence-electron chi connectivity index (χ0n) is 21.5. The summed E-state index contributed by atoms with van der Waals surface area (Å²) in [6, 6.07) is 34.3. The van der Waals surface area contributed by atoms with Gasteiger partial charge in [0, 0.05) is 29.1 Å². The molecule has 0 atom stereocenters. The van der Waals surface area contributed by atoms with Crippen molar-refractivity contribution in [2.75, 3.05) is 6.61 Å². The predicted molar refractivity (Wildman–Crippen MR) is 154 cm³/mol. The van der Waals surface area contributed by atoms with Crippen LogP contribution in [0.5, 0.6) is 0 Å². The van der Waals surface area contributed by atoms with Crippen LogP contribution in [-0.2, 0) is 22.6 Å². The van der Waals surface area contributed by atoms with Gasteiger partial charge >= 0.3 is 5.97 Å². The van der Waals surface area contributed by atoms with E-state index in [1.54, 1.807) is 11.0 Å². The van der Waals surface area contributed by atoms with E-state index in [4.69, 9.17) is 21.3 Å². The second kappa shape index (κ2) is 11.9. The molecule has 0 aliphatic rings. The van der Waals surface area contributed by atoms with Gasteiger partial charge in [0.25, 0.3) is 5.91 Å². The van der Waals surface area contributed by atoms with Crippen molar-refractivity contribution < 1.29 is 14.3 Å². The Morgan fingerprint density at radius 2 is 1.41 bits per heavy atom. The molecular formula is C33H27ClN2O3. The molecule has 0 N–H and O–H groups in total. The minimum atomic E-state index is -0.567. The SMILES string of the molecule is Cc1c(-c2cccc(Cl)c2)nc2ccccc2c1C(=O)OCC(=O)N(Cc1ccccc1)Cc1ccccc1. The second-order valence-corrected chi connectivity index (χ2v) is 9.72. The van der Waals surface area contributed by atoms with E-state index in [0.29, 0.717) is 45.8 Å². The number of nitrogens with zero attached hydrogens (tertiary/aromatic N) is 2. The van der Waals surface area contributed by atoms with E-state index in [2.05, 4.69) is 0 Å². The maximum Gasteiger partial charge on any atom is 0.339 e. The van der Waals surface area contributed by atoms with Crippen LogP contribution < -0.4 is 0 Å². The second-order valence-electron chi connectivity index (χ2n) is 9.29. The Kier molecular flexibility index (Phi) is 7.99. The predicted octanol–water partition coefficient (Wildman–Crippen LogP) is 7.25. The molecule has 0 fully saturated rings. The zero-order chi connectivity index (χ0) is 27.2. The van der Waals surface area contributed by atoms with Crippen LogP contribution in [0.2, 0.25) is 5.02 Å². The normalized spacial score (nSPS) is 10.8. The first-order chi connectivity index (χ1) is 19.0. The fraction of sp³-hybridized carbons (Fsp3) is 0.121. The van der Waals surface area contributed by atoms with E-state index in [0.717, 1.165) is 16.7 Å². The summed E-state index contributed by atoms with van der Waals surface area (Å²) in [6.45, 7) is 2.27. The fourth-order valence-electron chi connectivity index (χ4n) is 4.62. The molecule has 6 heteroatoms. The highest BCUT2D eigenvalue weighted by Gasteiger charge is 2.23. The lowest BCUT2D eigenvalue weighted by Gasteiger charge is -2.23. The Balaban J connectivity index is 1.41. The number of aromatic nitrogens is 1. The van der Waals surface area contributed by atoms with Gasteiger partial charge in [-0.25, -0.2) is 9.78 Å². The van der Waals surface area contributed by atoms with Crippen LogP contribution in [0.25, 0.3) is 22.2 Å². The number of hydrogen-bond acceptors (Lipinski definition) is 4. The molecule has 1 aromatic heterocycles. The van der Waals surface area contributed by atoms with Gasteiger partial charge in [-0.05, 0) is 41.8 Å². The molecule has 0 unspecified atom stereocenters. The van der Waals surface area contributed by atoms with Crippen molar-refractivity contribution in [3.8, 4) is 11.3 Å². The third kappa shape index (κ3) is 6.16. The van der Waals surface area contributed by atoms with Gasteiger partial charge in [0.1, 0.15) is 0 Å². The number of hydrogen-bond donors (Lipinski definition) is 0. The van der Waals surface area contributed by atoms with Crippen LogP contribution >= 0.6 is 11.6 Å². The summed E-state index contributed by atoms with van der Waals surface area (Å²) in [4.78, 5) is 33.4.